The largest absolute Gasteiger partial charge is 0.309 e. The number of hydrogen-bond donors (Lipinski definition) is 0. The summed E-state index contributed by atoms with van der Waals surface area (Å²) >= 11 is 1.84. The van der Waals surface area contributed by atoms with Gasteiger partial charge in [-0.2, -0.15) is 0 Å². The Hall–Kier alpha value is -7.47. The Balaban J connectivity index is 1.08. The summed E-state index contributed by atoms with van der Waals surface area (Å²) in [4.78, 5) is 15.3. The van der Waals surface area contributed by atoms with Crippen LogP contribution in [0.1, 0.15) is 0 Å². The maximum Gasteiger partial charge on any atom is 0.160 e. The summed E-state index contributed by atoms with van der Waals surface area (Å²) in [5.41, 5.74) is 13.1. The minimum Gasteiger partial charge on any atom is -0.309 e. The molecule has 0 spiro atoms. The molecule has 59 heavy (non-hydrogen) atoms. The number of rotatable bonds is 5. The van der Waals surface area contributed by atoms with Crippen LogP contribution in [0.5, 0.6) is 0 Å². The van der Waals surface area contributed by atoms with Crippen LogP contribution in [0.3, 0.4) is 0 Å². The van der Waals surface area contributed by atoms with Crippen molar-refractivity contribution in [2.75, 3.05) is 4.90 Å². The molecule has 0 saturated carbocycles. The lowest BCUT2D eigenvalue weighted by atomic mass is 9.96. The second-order valence-corrected chi connectivity index (χ2v) is 16.1. The monoisotopic (exact) mass is 770 g/mol. The summed E-state index contributed by atoms with van der Waals surface area (Å²) in [6, 6.07) is 73.9. The molecule has 4 nitrogen and oxygen atoms in total. The van der Waals surface area contributed by atoms with E-state index in [1.807, 2.05) is 23.9 Å². The highest BCUT2D eigenvalue weighted by atomic mass is 32.2. The number of hydrogen-bond acceptors (Lipinski definition) is 4. The zero-order chi connectivity index (χ0) is 38.9. The predicted octanol–water partition coefficient (Wildman–Crippen LogP) is 14.8. The van der Waals surface area contributed by atoms with Gasteiger partial charge in [-0.15, -0.1) is 0 Å². The molecule has 0 bridgehead atoms. The topological polar surface area (TPSA) is 34.0 Å². The summed E-state index contributed by atoms with van der Waals surface area (Å²) in [6.07, 6.45) is 0. The van der Waals surface area contributed by atoms with Crippen LogP contribution in [0.2, 0.25) is 0 Å². The van der Waals surface area contributed by atoms with Crippen molar-refractivity contribution >= 4 is 72.3 Å². The number of fused-ring (bicyclic) bond motifs is 8. The quantitative estimate of drug-likeness (QED) is 0.175. The van der Waals surface area contributed by atoms with E-state index in [1.54, 1.807) is 0 Å². The zero-order valence-electron chi connectivity index (χ0n) is 31.8. The van der Waals surface area contributed by atoms with Crippen LogP contribution in [0, 0.1) is 0 Å². The van der Waals surface area contributed by atoms with Gasteiger partial charge < -0.3 is 9.47 Å². The predicted molar refractivity (Wildman–Crippen MR) is 246 cm³/mol. The molecule has 0 aliphatic carbocycles. The van der Waals surface area contributed by atoms with E-state index in [9.17, 15) is 0 Å². The van der Waals surface area contributed by atoms with Crippen LogP contribution in [-0.4, -0.2) is 14.5 Å². The lowest BCUT2D eigenvalue weighted by molar-refractivity contribution is 1.17. The molecule has 3 heterocycles. The average Bonchev–Trinajstić information content (AvgIpc) is 3.66. The minimum atomic E-state index is 0.702. The Morgan fingerprint density at radius 1 is 0.407 bits per heavy atom. The van der Waals surface area contributed by atoms with Gasteiger partial charge in [-0.25, -0.2) is 9.97 Å². The van der Waals surface area contributed by atoms with Crippen molar-refractivity contribution in [1.29, 1.82) is 0 Å². The Bertz CT molecular complexity index is 3430. The molecular formula is C54H34N4S. The Labute approximate surface area is 345 Å². The van der Waals surface area contributed by atoms with E-state index in [4.69, 9.17) is 9.97 Å². The third-order valence-corrected chi connectivity index (χ3v) is 12.7. The van der Waals surface area contributed by atoms with E-state index < -0.39 is 0 Å². The van der Waals surface area contributed by atoms with Crippen LogP contribution >= 0.6 is 11.8 Å². The summed E-state index contributed by atoms with van der Waals surface area (Å²) in [7, 11) is 0. The van der Waals surface area contributed by atoms with E-state index in [2.05, 4.69) is 204 Å². The number of aromatic nitrogens is 3. The molecule has 1 aliphatic heterocycles. The van der Waals surface area contributed by atoms with Gasteiger partial charge in [0.2, 0.25) is 0 Å². The van der Waals surface area contributed by atoms with Crippen LogP contribution in [0.15, 0.2) is 216 Å². The third kappa shape index (κ3) is 5.47. The normalized spacial score (nSPS) is 12.3. The van der Waals surface area contributed by atoms with Gasteiger partial charge >= 0.3 is 0 Å². The van der Waals surface area contributed by atoms with Crippen LogP contribution in [-0.2, 0) is 0 Å². The molecule has 0 fully saturated rings. The standard InChI is InChI=1S/C54H34N4S/c1-3-16-36(17-4-1)53-43-23-9-10-25-44(43)55-54(56-53)38-18-13-21-40(33-38)58-46-27-14-24-42(52(46)51-41-22-8-7-15-35(41)29-31-47(51)58)37-30-32-50-48(34-37)57(39-19-5-2-6-20-39)45-26-11-12-28-49(45)59-50/h1-34H. The highest BCUT2D eigenvalue weighted by molar-refractivity contribution is 7.99. The summed E-state index contributed by atoms with van der Waals surface area (Å²) < 4.78 is 2.42. The van der Waals surface area contributed by atoms with Crippen molar-refractivity contribution < 1.29 is 0 Å². The minimum absolute atomic E-state index is 0.702. The van der Waals surface area contributed by atoms with Gasteiger partial charge in [0.25, 0.3) is 0 Å². The highest BCUT2D eigenvalue weighted by Crippen LogP contribution is 2.53. The van der Waals surface area contributed by atoms with E-state index in [-0.39, 0.29) is 0 Å². The molecule has 9 aromatic carbocycles. The van der Waals surface area contributed by atoms with E-state index >= 15 is 0 Å². The maximum absolute atomic E-state index is 5.23. The van der Waals surface area contributed by atoms with Crippen molar-refractivity contribution in [3.05, 3.63) is 206 Å². The molecule has 11 aromatic rings. The summed E-state index contributed by atoms with van der Waals surface area (Å²) in [5, 5.41) is 5.96. The smallest absolute Gasteiger partial charge is 0.160 e. The second kappa shape index (κ2) is 13.6. The van der Waals surface area contributed by atoms with Gasteiger partial charge in [-0.1, -0.05) is 151 Å². The zero-order valence-corrected chi connectivity index (χ0v) is 32.6. The molecule has 0 atom stereocenters. The maximum atomic E-state index is 5.23. The molecule has 0 unspecified atom stereocenters. The number of anilines is 3. The molecular weight excluding hydrogens is 737 g/mol. The van der Waals surface area contributed by atoms with Crippen molar-refractivity contribution in [1.82, 2.24) is 14.5 Å². The van der Waals surface area contributed by atoms with Crippen molar-refractivity contribution in [2.24, 2.45) is 0 Å². The Morgan fingerprint density at radius 3 is 2.00 bits per heavy atom. The third-order valence-electron chi connectivity index (χ3n) is 11.5. The molecule has 12 rings (SSSR count). The van der Waals surface area contributed by atoms with Crippen molar-refractivity contribution in [2.45, 2.75) is 9.79 Å². The van der Waals surface area contributed by atoms with Gasteiger partial charge in [0.05, 0.1) is 33.6 Å². The van der Waals surface area contributed by atoms with E-state index in [1.165, 1.54) is 53.8 Å². The molecule has 276 valence electrons. The van der Waals surface area contributed by atoms with Gasteiger partial charge in [0, 0.05) is 48.5 Å². The first-order valence-corrected chi connectivity index (χ1v) is 20.7. The molecule has 1 aliphatic rings. The molecule has 0 N–H and O–H groups in total. The summed E-state index contributed by atoms with van der Waals surface area (Å²) in [5.74, 6) is 0.702. The SMILES string of the molecule is c1ccc(-c2nc(-c3cccc(-n4c5cccc(-c6ccc7c(c6)N(c6ccccc6)c6ccccc6S7)c5c5c6ccccc6ccc54)c3)nc3ccccc23)cc1. The fourth-order valence-corrected chi connectivity index (χ4v) is 9.97. The first-order valence-electron chi connectivity index (χ1n) is 19.9. The van der Waals surface area contributed by atoms with Crippen molar-refractivity contribution in [3.8, 4) is 39.5 Å². The fraction of sp³-hybridized carbons (Fsp3) is 0. The Morgan fingerprint density at radius 2 is 1.10 bits per heavy atom. The average molecular weight is 771 g/mol. The van der Waals surface area contributed by atoms with E-state index in [0.29, 0.717) is 5.82 Å². The van der Waals surface area contributed by atoms with Crippen LogP contribution in [0.4, 0.5) is 17.1 Å². The van der Waals surface area contributed by atoms with Crippen LogP contribution in [0.25, 0.3) is 82.9 Å². The first kappa shape index (κ1) is 33.6. The van der Waals surface area contributed by atoms with Crippen LogP contribution < -0.4 is 4.90 Å². The molecule has 2 aromatic heterocycles. The van der Waals surface area contributed by atoms with Gasteiger partial charge in [0.1, 0.15) is 0 Å². The van der Waals surface area contributed by atoms with E-state index in [0.717, 1.165) is 50.1 Å². The van der Waals surface area contributed by atoms with Crippen molar-refractivity contribution in [3.63, 3.8) is 0 Å². The number of benzene rings is 9. The lowest BCUT2D eigenvalue weighted by Crippen LogP contribution is -2.14. The molecule has 0 amide bonds. The van der Waals surface area contributed by atoms with Gasteiger partial charge in [0.15, 0.2) is 5.82 Å². The number of para-hydroxylation sites is 3. The highest BCUT2D eigenvalue weighted by Gasteiger charge is 2.26. The second-order valence-electron chi connectivity index (χ2n) is 15.0. The first-order chi connectivity index (χ1) is 29.3. The van der Waals surface area contributed by atoms with Gasteiger partial charge in [-0.3, -0.25) is 0 Å². The molecule has 5 heteroatoms. The lowest BCUT2D eigenvalue weighted by Gasteiger charge is -2.33. The molecule has 0 saturated heterocycles. The number of nitrogens with zero attached hydrogens (tertiary/aromatic N) is 4. The summed E-state index contributed by atoms with van der Waals surface area (Å²) in [6.45, 7) is 0. The Kier molecular flexibility index (Phi) is 7.75. The molecule has 0 radical (unpaired) electrons. The fourth-order valence-electron chi connectivity index (χ4n) is 8.93. The van der Waals surface area contributed by atoms with Gasteiger partial charge in [-0.05, 0) is 88.6 Å².